The molecule has 0 N–H and O–H groups in total. The lowest BCUT2D eigenvalue weighted by Crippen LogP contribution is -2.48. The molecule has 2 aromatic heterocycles. The fourth-order valence-corrected chi connectivity index (χ4v) is 3.35. The van der Waals surface area contributed by atoms with E-state index in [0.717, 1.165) is 35.4 Å². The molecule has 2 aromatic rings. The zero-order valence-corrected chi connectivity index (χ0v) is 15.7. The molecule has 3 rings (SSSR count). The van der Waals surface area contributed by atoms with Crippen molar-refractivity contribution in [1.29, 1.82) is 0 Å². The zero-order chi connectivity index (χ0) is 17.8. The van der Waals surface area contributed by atoms with Crippen molar-refractivity contribution in [2.45, 2.75) is 6.92 Å². The first kappa shape index (κ1) is 17.4. The third kappa shape index (κ3) is 4.36. The molecule has 1 aliphatic heterocycles. The Kier molecular flexibility index (Phi) is 5.33. The van der Waals surface area contributed by atoms with Crippen molar-refractivity contribution in [2.75, 3.05) is 50.1 Å². The van der Waals surface area contributed by atoms with Gasteiger partial charge in [0.2, 0.25) is 5.91 Å². The van der Waals surface area contributed by atoms with Crippen LogP contribution in [-0.2, 0) is 4.79 Å². The van der Waals surface area contributed by atoms with Gasteiger partial charge in [-0.2, -0.15) is 0 Å². The average molecular weight is 357 g/mol. The summed E-state index contributed by atoms with van der Waals surface area (Å²) in [6, 6.07) is 5.99. The van der Waals surface area contributed by atoms with Gasteiger partial charge in [-0.05, 0) is 24.4 Å². The number of anilines is 2. The minimum absolute atomic E-state index is 0.0703. The number of carbonyl (C=O) groups is 1. The third-order valence-electron chi connectivity index (χ3n) is 4.12. The lowest BCUT2D eigenvalue weighted by molar-refractivity contribution is -0.126. The minimum atomic E-state index is 0.0703. The van der Waals surface area contributed by atoms with Crippen LogP contribution < -0.4 is 9.80 Å². The highest BCUT2D eigenvalue weighted by atomic mass is 32.1. The van der Waals surface area contributed by atoms with E-state index in [0.29, 0.717) is 13.1 Å². The monoisotopic (exact) mass is 357 g/mol. The molecule has 1 fully saturated rings. The van der Waals surface area contributed by atoms with Gasteiger partial charge in [0.15, 0.2) is 0 Å². The smallest absolute Gasteiger partial charge is 0.246 e. The quantitative estimate of drug-likeness (QED) is 0.786. The summed E-state index contributed by atoms with van der Waals surface area (Å²) in [5.74, 6) is 2.66. The van der Waals surface area contributed by atoms with Crippen molar-refractivity contribution in [2.24, 2.45) is 0 Å². The van der Waals surface area contributed by atoms with Crippen LogP contribution in [0.1, 0.15) is 10.7 Å². The Bertz CT molecular complexity index is 749. The second kappa shape index (κ2) is 7.65. The van der Waals surface area contributed by atoms with Crippen molar-refractivity contribution in [3.8, 4) is 0 Å². The second-order valence-corrected chi connectivity index (χ2v) is 7.17. The second-order valence-electron chi connectivity index (χ2n) is 6.19. The van der Waals surface area contributed by atoms with E-state index in [2.05, 4.69) is 14.9 Å². The number of thiophene rings is 1. The summed E-state index contributed by atoms with van der Waals surface area (Å²) >= 11 is 1.63. The number of rotatable bonds is 4. The molecule has 0 radical (unpaired) electrons. The first-order valence-electron chi connectivity index (χ1n) is 8.31. The summed E-state index contributed by atoms with van der Waals surface area (Å²) < 4.78 is 0. The Hall–Kier alpha value is -2.41. The number of carbonyl (C=O) groups excluding carboxylic acids is 1. The van der Waals surface area contributed by atoms with E-state index in [9.17, 15) is 4.79 Å². The summed E-state index contributed by atoms with van der Waals surface area (Å²) in [4.78, 5) is 28.5. The molecular formula is C18H23N5OS. The number of amides is 1. The maximum atomic E-state index is 12.3. The fraction of sp³-hybridized carbons (Fsp3) is 0.389. The third-order valence-corrected chi connectivity index (χ3v) is 4.96. The SMILES string of the molecule is Cc1nc(N(C)C)cc(N2CCN(C(=O)/C=C/c3cccs3)CC2)n1. The first-order chi connectivity index (χ1) is 12.0. The summed E-state index contributed by atoms with van der Waals surface area (Å²) in [5, 5.41) is 2.01. The zero-order valence-electron chi connectivity index (χ0n) is 14.8. The van der Waals surface area contributed by atoms with Gasteiger partial charge in [-0.25, -0.2) is 9.97 Å². The molecule has 0 spiro atoms. The Balaban J connectivity index is 1.61. The van der Waals surface area contributed by atoms with Gasteiger partial charge in [0, 0.05) is 57.3 Å². The van der Waals surface area contributed by atoms with Crippen LogP contribution in [0.2, 0.25) is 0 Å². The summed E-state index contributed by atoms with van der Waals surface area (Å²) in [6.45, 7) is 4.87. The Morgan fingerprint density at radius 1 is 1.24 bits per heavy atom. The predicted molar refractivity (Wildman–Crippen MR) is 103 cm³/mol. The summed E-state index contributed by atoms with van der Waals surface area (Å²) in [7, 11) is 3.95. The van der Waals surface area contributed by atoms with Crippen LogP contribution in [0.5, 0.6) is 0 Å². The highest BCUT2D eigenvalue weighted by Crippen LogP contribution is 2.19. The Morgan fingerprint density at radius 3 is 2.64 bits per heavy atom. The molecule has 0 aliphatic carbocycles. The highest BCUT2D eigenvalue weighted by molar-refractivity contribution is 7.10. The summed E-state index contributed by atoms with van der Waals surface area (Å²) in [5.41, 5.74) is 0. The van der Waals surface area contributed by atoms with E-state index >= 15 is 0 Å². The van der Waals surface area contributed by atoms with E-state index in [1.807, 2.05) is 60.5 Å². The van der Waals surface area contributed by atoms with Crippen LogP contribution in [0.4, 0.5) is 11.6 Å². The molecule has 0 atom stereocenters. The van der Waals surface area contributed by atoms with E-state index in [4.69, 9.17) is 0 Å². The van der Waals surface area contributed by atoms with Crippen LogP contribution in [0.15, 0.2) is 29.7 Å². The van der Waals surface area contributed by atoms with Crippen molar-refractivity contribution >= 4 is 35.0 Å². The molecule has 25 heavy (non-hydrogen) atoms. The minimum Gasteiger partial charge on any atom is -0.363 e. The van der Waals surface area contributed by atoms with E-state index in [-0.39, 0.29) is 5.91 Å². The van der Waals surface area contributed by atoms with Crippen LogP contribution >= 0.6 is 11.3 Å². The van der Waals surface area contributed by atoms with Gasteiger partial charge < -0.3 is 14.7 Å². The van der Waals surface area contributed by atoms with Crippen LogP contribution in [0.3, 0.4) is 0 Å². The molecule has 0 bridgehead atoms. The predicted octanol–water partition coefficient (Wildman–Crippen LogP) is 2.27. The maximum absolute atomic E-state index is 12.3. The van der Waals surface area contributed by atoms with Gasteiger partial charge in [0.05, 0.1) is 0 Å². The summed E-state index contributed by atoms with van der Waals surface area (Å²) in [6.07, 6.45) is 3.55. The van der Waals surface area contributed by atoms with E-state index in [1.165, 1.54) is 0 Å². The first-order valence-corrected chi connectivity index (χ1v) is 9.19. The van der Waals surface area contributed by atoms with Gasteiger partial charge in [0.1, 0.15) is 17.5 Å². The molecule has 0 unspecified atom stereocenters. The van der Waals surface area contributed by atoms with Gasteiger partial charge in [0.25, 0.3) is 0 Å². The van der Waals surface area contributed by atoms with Crippen LogP contribution in [-0.4, -0.2) is 61.0 Å². The standard InChI is InChI=1S/C18H23N5OS/c1-14-19-16(21(2)3)13-17(20-14)22-8-10-23(11-9-22)18(24)7-6-15-5-4-12-25-15/h4-7,12-13H,8-11H2,1-3H3/b7-6+. The molecule has 0 saturated carbocycles. The number of aromatic nitrogens is 2. The van der Waals surface area contributed by atoms with Crippen LogP contribution in [0, 0.1) is 6.92 Å². The van der Waals surface area contributed by atoms with E-state index in [1.54, 1.807) is 17.4 Å². The van der Waals surface area contributed by atoms with Gasteiger partial charge in [-0.3, -0.25) is 4.79 Å². The van der Waals surface area contributed by atoms with E-state index < -0.39 is 0 Å². The number of nitrogens with zero attached hydrogens (tertiary/aromatic N) is 5. The molecule has 3 heterocycles. The average Bonchev–Trinajstić information content (AvgIpc) is 3.13. The van der Waals surface area contributed by atoms with Gasteiger partial charge in [-0.15, -0.1) is 11.3 Å². The lowest BCUT2D eigenvalue weighted by Gasteiger charge is -2.35. The Morgan fingerprint density at radius 2 is 2.00 bits per heavy atom. The van der Waals surface area contributed by atoms with Crippen molar-refractivity contribution in [3.63, 3.8) is 0 Å². The van der Waals surface area contributed by atoms with Crippen molar-refractivity contribution < 1.29 is 4.79 Å². The largest absolute Gasteiger partial charge is 0.363 e. The molecule has 132 valence electrons. The number of aryl methyl sites for hydroxylation is 1. The van der Waals surface area contributed by atoms with Gasteiger partial charge in [-0.1, -0.05) is 6.07 Å². The number of hydrogen-bond donors (Lipinski definition) is 0. The van der Waals surface area contributed by atoms with Crippen LogP contribution in [0.25, 0.3) is 6.08 Å². The Labute approximate surface area is 152 Å². The molecular weight excluding hydrogens is 334 g/mol. The highest BCUT2D eigenvalue weighted by Gasteiger charge is 2.21. The molecule has 7 heteroatoms. The number of hydrogen-bond acceptors (Lipinski definition) is 6. The van der Waals surface area contributed by atoms with Gasteiger partial charge >= 0.3 is 0 Å². The lowest BCUT2D eigenvalue weighted by atomic mass is 10.3. The van der Waals surface area contributed by atoms with Crippen molar-refractivity contribution in [1.82, 2.24) is 14.9 Å². The topological polar surface area (TPSA) is 52.6 Å². The molecule has 0 aromatic carbocycles. The fourth-order valence-electron chi connectivity index (χ4n) is 2.73. The number of piperazine rings is 1. The molecule has 6 nitrogen and oxygen atoms in total. The molecule has 1 saturated heterocycles. The maximum Gasteiger partial charge on any atom is 0.246 e. The normalized spacial score (nSPS) is 15.0. The molecule has 1 aliphatic rings. The van der Waals surface area contributed by atoms with Crippen molar-refractivity contribution in [3.05, 3.63) is 40.4 Å². The molecule has 1 amide bonds.